The van der Waals surface area contributed by atoms with Gasteiger partial charge in [0.2, 0.25) is 0 Å². The van der Waals surface area contributed by atoms with Crippen molar-refractivity contribution in [1.29, 1.82) is 0 Å². The summed E-state index contributed by atoms with van der Waals surface area (Å²) < 4.78 is 5.71. The number of hydrogen-bond donors (Lipinski definition) is 2. The lowest BCUT2D eigenvalue weighted by molar-refractivity contribution is -0.384. The highest BCUT2D eigenvalue weighted by Gasteiger charge is 2.18. The predicted molar refractivity (Wildman–Crippen MR) is 134 cm³/mol. The molecule has 34 heavy (non-hydrogen) atoms. The normalized spacial score (nSPS) is 11.0. The number of non-ortho nitro benzene ring substituents is 1. The third kappa shape index (κ3) is 6.34. The fourth-order valence-electron chi connectivity index (χ4n) is 2.84. The number of carbonyl (C=O) groups is 2. The summed E-state index contributed by atoms with van der Waals surface area (Å²) >= 11 is 15.4. The number of nitrogens with zero attached hydrogens (tertiary/aromatic N) is 1. The topological polar surface area (TPSA) is 111 Å². The zero-order valence-corrected chi connectivity index (χ0v) is 20.6. The molecule has 174 valence electrons. The standard InChI is InChI=1S/C23H16BrCl2N3O5/c1-34-21-8-5-14(11-17(21)24)22(30)28-20(10-13-3-2-4-16(9-13)29(32)33)23(31)27-19-12-15(25)6-7-18(19)26/h2-12H,1H3,(H,27,31)(H,28,30)/b20-10-. The molecule has 0 radical (unpaired) electrons. The average Bonchev–Trinajstić information content (AvgIpc) is 2.81. The molecule has 2 N–H and O–H groups in total. The van der Waals surface area contributed by atoms with Gasteiger partial charge in [0, 0.05) is 22.7 Å². The van der Waals surface area contributed by atoms with E-state index in [2.05, 4.69) is 26.6 Å². The van der Waals surface area contributed by atoms with Crippen LogP contribution in [0.2, 0.25) is 10.0 Å². The van der Waals surface area contributed by atoms with E-state index in [0.717, 1.165) is 0 Å². The Morgan fingerprint density at radius 2 is 1.85 bits per heavy atom. The highest BCUT2D eigenvalue weighted by molar-refractivity contribution is 9.10. The van der Waals surface area contributed by atoms with Gasteiger partial charge >= 0.3 is 0 Å². The van der Waals surface area contributed by atoms with Crippen molar-refractivity contribution in [1.82, 2.24) is 5.32 Å². The smallest absolute Gasteiger partial charge is 0.272 e. The van der Waals surface area contributed by atoms with Gasteiger partial charge in [-0.2, -0.15) is 0 Å². The lowest BCUT2D eigenvalue weighted by Crippen LogP contribution is -2.30. The van der Waals surface area contributed by atoms with Gasteiger partial charge in [0.05, 0.1) is 27.2 Å². The molecule has 0 atom stereocenters. The molecule has 0 saturated heterocycles. The Balaban J connectivity index is 1.97. The molecule has 11 heteroatoms. The maximum atomic E-state index is 13.1. The van der Waals surface area contributed by atoms with Gasteiger partial charge in [0.25, 0.3) is 17.5 Å². The van der Waals surface area contributed by atoms with E-state index in [0.29, 0.717) is 20.8 Å². The monoisotopic (exact) mass is 563 g/mol. The highest BCUT2D eigenvalue weighted by Crippen LogP contribution is 2.27. The van der Waals surface area contributed by atoms with Crippen LogP contribution in [0.1, 0.15) is 15.9 Å². The molecule has 0 bridgehead atoms. The van der Waals surface area contributed by atoms with Crippen LogP contribution in [0, 0.1) is 10.1 Å². The van der Waals surface area contributed by atoms with Crippen LogP contribution in [-0.4, -0.2) is 23.8 Å². The molecule has 0 unspecified atom stereocenters. The van der Waals surface area contributed by atoms with Gasteiger partial charge in [0.1, 0.15) is 11.4 Å². The SMILES string of the molecule is COc1ccc(C(=O)N/C(=C\c2cccc([N+](=O)[O-])c2)C(=O)Nc2cc(Cl)ccc2Cl)cc1Br. The Kier molecular flexibility index (Phi) is 8.27. The zero-order valence-electron chi connectivity index (χ0n) is 17.5. The summed E-state index contributed by atoms with van der Waals surface area (Å²) in [5.41, 5.74) is 0.454. The van der Waals surface area contributed by atoms with E-state index in [1.165, 1.54) is 55.7 Å². The predicted octanol–water partition coefficient (Wildman–Crippen LogP) is 6.08. The number of hydrogen-bond acceptors (Lipinski definition) is 5. The second-order valence-electron chi connectivity index (χ2n) is 6.79. The van der Waals surface area contributed by atoms with Crippen molar-refractivity contribution in [3.63, 3.8) is 0 Å². The van der Waals surface area contributed by atoms with Gasteiger partial charge in [-0.05, 0) is 64.0 Å². The third-order valence-electron chi connectivity index (χ3n) is 4.48. The summed E-state index contributed by atoms with van der Waals surface area (Å²) in [6, 6.07) is 14.8. The van der Waals surface area contributed by atoms with Crippen molar-refractivity contribution in [3.05, 3.63) is 102 Å². The summed E-state index contributed by atoms with van der Waals surface area (Å²) in [4.78, 5) is 36.5. The number of amides is 2. The van der Waals surface area contributed by atoms with Crippen LogP contribution >= 0.6 is 39.1 Å². The van der Waals surface area contributed by atoms with E-state index in [-0.39, 0.29) is 27.7 Å². The molecular formula is C23H16BrCl2N3O5. The van der Waals surface area contributed by atoms with Gasteiger partial charge in [-0.15, -0.1) is 0 Å². The molecule has 0 aliphatic carbocycles. The van der Waals surface area contributed by atoms with Gasteiger partial charge in [-0.25, -0.2) is 0 Å². The molecule has 0 heterocycles. The lowest BCUT2D eigenvalue weighted by atomic mass is 10.1. The molecule has 3 aromatic rings. The largest absolute Gasteiger partial charge is 0.496 e. The van der Waals surface area contributed by atoms with E-state index in [9.17, 15) is 19.7 Å². The van der Waals surface area contributed by atoms with Gasteiger partial charge < -0.3 is 15.4 Å². The first-order valence-electron chi connectivity index (χ1n) is 9.55. The van der Waals surface area contributed by atoms with Crippen LogP contribution in [0.25, 0.3) is 6.08 Å². The number of methoxy groups -OCH3 is 1. The second-order valence-corrected chi connectivity index (χ2v) is 8.49. The maximum absolute atomic E-state index is 13.1. The average molecular weight is 565 g/mol. The fraction of sp³-hybridized carbons (Fsp3) is 0.0435. The summed E-state index contributed by atoms with van der Waals surface area (Å²) in [5.74, 6) is -0.777. The molecule has 2 amide bonds. The Bertz CT molecular complexity index is 1310. The first-order chi connectivity index (χ1) is 16.2. The summed E-state index contributed by atoms with van der Waals surface area (Å²) in [6.45, 7) is 0. The Morgan fingerprint density at radius 3 is 2.53 bits per heavy atom. The van der Waals surface area contributed by atoms with Crippen molar-refractivity contribution >= 4 is 68.4 Å². The molecule has 8 nitrogen and oxygen atoms in total. The quantitative estimate of drug-likeness (QED) is 0.205. The molecule has 0 aromatic heterocycles. The summed E-state index contributed by atoms with van der Waals surface area (Å²) in [6.07, 6.45) is 1.32. The summed E-state index contributed by atoms with van der Waals surface area (Å²) in [7, 11) is 1.49. The van der Waals surface area contributed by atoms with Crippen LogP contribution in [0.4, 0.5) is 11.4 Å². The Hall–Kier alpha value is -3.40. The van der Waals surface area contributed by atoms with E-state index in [1.54, 1.807) is 18.2 Å². The van der Waals surface area contributed by atoms with E-state index in [1.807, 2.05) is 0 Å². The highest BCUT2D eigenvalue weighted by atomic mass is 79.9. The van der Waals surface area contributed by atoms with E-state index >= 15 is 0 Å². The zero-order chi connectivity index (χ0) is 24.8. The number of ether oxygens (including phenoxy) is 1. The molecule has 3 aromatic carbocycles. The van der Waals surface area contributed by atoms with Crippen LogP contribution < -0.4 is 15.4 Å². The number of halogens is 3. The third-order valence-corrected chi connectivity index (χ3v) is 5.66. The van der Waals surface area contributed by atoms with Crippen molar-refractivity contribution in [3.8, 4) is 5.75 Å². The first-order valence-corrected chi connectivity index (χ1v) is 11.1. The minimum atomic E-state index is -0.711. The Labute approximate surface area is 212 Å². The number of nitro groups is 1. The number of rotatable bonds is 7. The van der Waals surface area contributed by atoms with Crippen LogP contribution in [0.15, 0.2) is 70.8 Å². The number of carbonyl (C=O) groups excluding carboxylic acids is 2. The van der Waals surface area contributed by atoms with Crippen molar-refractivity contribution < 1.29 is 19.2 Å². The molecule has 0 saturated carbocycles. The van der Waals surface area contributed by atoms with E-state index < -0.39 is 16.7 Å². The fourth-order valence-corrected chi connectivity index (χ4v) is 3.72. The lowest BCUT2D eigenvalue weighted by Gasteiger charge is -2.13. The molecule has 0 aliphatic rings. The van der Waals surface area contributed by atoms with E-state index in [4.69, 9.17) is 27.9 Å². The molecule has 0 fully saturated rings. The van der Waals surface area contributed by atoms with Crippen molar-refractivity contribution in [2.24, 2.45) is 0 Å². The van der Waals surface area contributed by atoms with Crippen LogP contribution in [0.3, 0.4) is 0 Å². The maximum Gasteiger partial charge on any atom is 0.272 e. The Morgan fingerprint density at radius 1 is 1.09 bits per heavy atom. The van der Waals surface area contributed by atoms with Gasteiger partial charge in [-0.3, -0.25) is 19.7 Å². The number of nitrogens with one attached hydrogen (secondary N) is 2. The molecule has 3 rings (SSSR count). The minimum Gasteiger partial charge on any atom is -0.496 e. The summed E-state index contributed by atoms with van der Waals surface area (Å²) in [5, 5.41) is 16.8. The minimum absolute atomic E-state index is 0.170. The van der Waals surface area contributed by atoms with Crippen LogP contribution in [0.5, 0.6) is 5.75 Å². The molecular weight excluding hydrogens is 549 g/mol. The molecule has 0 spiro atoms. The van der Waals surface area contributed by atoms with Gasteiger partial charge in [0.15, 0.2) is 0 Å². The number of nitro benzene ring substituents is 1. The second kappa shape index (κ2) is 11.1. The molecule has 0 aliphatic heterocycles. The van der Waals surface area contributed by atoms with Crippen molar-refractivity contribution in [2.45, 2.75) is 0 Å². The first kappa shape index (κ1) is 25.2. The van der Waals surface area contributed by atoms with Crippen molar-refractivity contribution in [2.75, 3.05) is 12.4 Å². The number of anilines is 1. The van der Waals surface area contributed by atoms with Gasteiger partial charge in [-0.1, -0.05) is 35.3 Å². The van der Waals surface area contributed by atoms with Crippen LogP contribution in [-0.2, 0) is 4.79 Å². The number of benzene rings is 3.